The van der Waals surface area contributed by atoms with Gasteiger partial charge in [-0.25, -0.2) is 0 Å². The van der Waals surface area contributed by atoms with Crippen molar-refractivity contribution in [3.05, 3.63) is 51.0 Å². The monoisotopic (exact) mass is 308 g/mol. The second-order valence-corrected chi connectivity index (χ2v) is 5.55. The summed E-state index contributed by atoms with van der Waals surface area (Å²) in [4.78, 5) is 0. The van der Waals surface area contributed by atoms with Crippen molar-refractivity contribution >= 4 is 34.6 Å². The number of azo groups is 1. The maximum atomic E-state index is 9.84. The molecule has 104 valence electrons. The molecule has 0 saturated heterocycles. The molecule has 0 aromatic heterocycles. The zero-order valence-electron chi connectivity index (χ0n) is 11.4. The first-order valence-corrected chi connectivity index (χ1v) is 6.81. The Bertz CT molecular complexity index is 674. The smallest absolute Gasteiger partial charge is 0.161 e. The largest absolute Gasteiger partial charge is 0.504 e. The average Bonchev–Trinajstić information content (AvgIpc) is 2.33. The molecule has 0 aliphatic carbocycles. The van der Waals surface area contributed by atoms with Gasteiger partial charge in [-0.15, -0.1) is 10.2 Å². The highest BCUT2D eigenvalue weighted by Crippen LogP contribution is 2.38. The number of halogens is 2. The van der Waals surface area contributed by atoms with Gasteiger partial charge in [0, 0.05) is 5.02 Å². The molecule has 0 aliphatic heterocycles. The lowest BCUT2D eigenvalue weighted by atomic mass is 10.1. The van der Waals surface area contributed by atoms with Crippen LogP contribution in [-0.4, -0.2) is 5.11 Å². The highest BCUT2D eigenvalue weighted by Gasteiger charge is 2.08. The third-order valence-electron chi connectivity index (χ3n) is 2.90. The van der Waals surface area contributed by atoms with E-state index in [2.05, 4.69) is 10.2 Å². The SMILES string of the molecule is Cc1cc(C)c(N=Nc2cc(Cl)cc(Cl)c2O)c(C)c1. The molecule has 0 aliphatic rings. The normalized spacial score (nSPS) is 11.2. The Morgan fingerprint density at radius 1 is 0.900 bits per heavy atom. The lowest BCUT2D eigenvalue weighted by Crippen LogP contribution is -1.82. The van der Waals surface area contributed by atoms with Gasteiger partial charge in [-0.3, -0.25) is 0 Å². The van der Waals surface area contributed by atoms with Crippen molar-refractivity contribution in [2.24, 2.45) is 10.2 Å². The summed E-state index contributed by atoms with van der Waals surface area (Å²) in [5.41, 5.74) is 4.26. The summed E-state index contributed by atoms with van der Waals surface area (Å²) < 4.78 is 0. The molecular weight excluding hydrogens is 295 g/mol. The van der Waals surface area contributed by atoms with Gasteiger partial charge in [-0.2, -0.15) is 0 Å². The van der Waals surface area contributed by atoms with E-state index in [4.69, 9.17) is 23.2 Å². The molecule has 20 heavy (non-hydrogen) atoms. The van der Waals surface area contributed by atoms with E-state index in [1.165, 1.54) is 17.7 Å². The predicted molar refractivity (Wildman–Crippen MR) is 83.0 cm³/mol. The lowest BCUT2D eigenvalue weighted by molar-refractivity contribution is 0.476. The van der Waals surface area contributed by atoms with E-state index in [9.17, 15) is 5.11 Å². The van der Waals surface area contributed by atoms with Crippen molar-refractivity contribution in [2.45, 2.75) is 20.8 Å². The second-order valence-electron chi connectivity index (χ2n) is 4.70. The highest BCUT2D eigenvalue weighted by atomic mass is 35.5. The van der Waals surface area contributed by atoms with Crippen molar-refractivity contribution < 1.29 is 5.11 Å². The summed E-state index contributed by atoms with van der Waals surface area (Å²) in [5, 5.41) is 18.7. The Balaban J connectivity index is 2.45. The zero-order valence-corrected chi connectivity index (χ0v) is 12.9. The minimum atomic E-state index is -0.123. The Hall–Kier alpha value is -1.58. The van der Waals surface area contributed by atoms with E-state index >= 15 is 0 Å². The third kappa shape index (κ3) is 3.11. The molecule has 5 heteroatoms. The summed E-state index contributed by atoms with van der Waals surface area (Å²) in [6.45, 7) is 5.97. The molecular formula is C15H14Cl2N2O. The Morgan fingerprint density at radius 2 is 1.50 bits per heavy atom. The Labute approximate surface area is 127 Å². The average molecular weight is 309 g/mol. The zero-order chi connectivity index (χ0) is 14.9. The maximum absolute atomic E-state index is 9.84. The van der Waals surface area contributed by atoms with E-state index in [1.54, 1.807) is 0 Å². The molecule has 0 amide bonds. The lowest BCUT2D eigenvalue weighted by Gasteiger charge is -2.06. The molecule has 0 unspecified atom stereocenters. The van der Waals surface area contributed by atoms with Crippen LogP contribution >= 0.6 is 23.2 Å². The molecule has 0 heterocycles. The van der Waals surface area contributed by atoms with Crippen molar-refractivity contribution in [3.8, 4) is 5.75 Å². The van der Waals surface area contributed by atoms with E-state index in [0.29, 0.717) is 5.02 Å². The molecule has 3 nitrogen and oxygen atoms in total. The van der Waals surface area contributed by atoms with Gasteiger partial charge >= 0.3 is 0 Å². The third-order valence-corrected chi connectivity index (χ3v) is 3.41. The molecule has 1 N–H and O–H groups in total. The van der Waals surface area contributed by atoms with Crippen LogP contribution < -0.4 is 0 Å². The summed E-state index contributed by atoms with van der Waals surface area (Å²) in [6.07, 6.45) is 0. The van der Waals surface area contributed by atoms with Crippen molar-refractivity contribution in [1.82, 2.24) is 0 Å². The van der Waals surface area contributed by atoms with Gasteiger partial charge in [-0.05, 0) is 44.0 Å². The molecule has 2 rings (SSSR count). The van der Waals surface area contributed by atoms with Gasteiger partial charge < -0.3 is 5.11 Å². The minimum Gasteiger partial charge on any atom is -0.504 e. The Kier molecular flexibility index (Phi) is 4.31. The van der Waals surface area contributed by atoms with Gasteiger partial charge in [0.15, 0.2) is 5.75 Å². The number of rotatable bonds is 2. The quantitative estimate of drug-likeness (QED) is 0.675. The number of nitrogens with zero attached hydrogens (tertiary/aromatic N) is 2. The molecule has 0 saturated carbocycles. The minimum absolute atomic E-state index is 0.123. The number of benzene rings is 2. The predicted octanol–water partition coefficient (Wildman–Crippen LogP) is 6.04. The van der Waals surface area contributed by atoms with Gasteiger partial charge in [-0.1, -0.05) is 40.9 Å². The molecule has 2 aromatic carbocycles. The van der Waals surface area contributed by atoms with E-state index in [0.717, 1.165) is 16.8 Å². The molecule has 2 aromatic rings. The van der Waals surface area contributed by atoms with Crippen LogP contribution in [-0.2, 0) is 0 Å². The topological polar surface area (TPSA) is 45.0 Å². The fourth-order valence-corrected chi connectivity index (χ4v) is 2.55. The molecule has 0 atom stereocenters. The standard InChI is InChI=1S/C15H14Cl2N2O/c1-8-4-9(2)14(10(3)5-8)19-18-13-7-11(16)6-12(17)15(13)20/h4-7,20H,1-3H3. The van der Waals surface area contributed by atoms with Crippen LogP contribution in [0.25, 0.3) is 0 Å². The van der Waals surface area contributed by atoms with Crippen LogP contribution in [0.15, 0.2) is 34.5 Å². The van der Waals surface area contributed by atoms with Crippen LogP contribution in [0.4, 0.5) is 11.4 Å². The number of hydrogen-bond acceptors (Lipinski definition) is 3. The van der Waals surface area contributed by atoms with Crippen LogP contribution in [0.1, 0.15) is 16.7 Å². The van der Waals surface area contributed by atoms with Crippen LogP contribution in [0, 0.1) is 20.8 Å². The van der Waals surface area contributed by atoms with Gasteiger partial charge in [0.05, 0.1) is 10.7 Å². The summed E-state index contributed by atoms with van der Waals surface area (Å²) in [6, 6.07) is 7.04. The van der Waals surface area contributed by atoms with E-state index < -0.39 is 0 Å². The van der Waals surface area contributed by atoms with Crippen LogP contribution in [0.2, 0.25) is 10.0 Å². The first-order valence-electron chi connectivity index (χ1n) is 6.06. The van der Waals surface area contributed by atoms with Crippen LogP contribution in [0.5, 0.6) is 5.75 Å². The summed E-state index contributed by atoms with van der Waals surface area (Å²) >= 11 is 11.7. The van der Waals surface area contributed by atoms with Crippen molar-refractivity contribution in [1.29, 1.82) is 0 Å². The first-order chi connectivity index (χ1) is 9.38. The van der Waals surface area contributed by atoms with E-state index in [-0.39, 0.29) is 16.5 Å². The second kappa shape index (κ2) is 5.81. The van der Waals surface area contributed by atoms with Gasteiger partial charge in [0.25, 0.3) is 0 Å². The highest BCUT2D eigenvalue weighted by molar-refractivity contribution is 6.36. The number of hydrogen-bond donors (Lipinski definition) is 1. The van der Waals surface area contributed by atoms with Crippen molar-refractivity contribution in [2.75, 3.05) is 0 Å². The number of phenolic OH excluding ortho intramolecular Hbond substituents is 1. The molecule has 0 fully saturated rings. The maximum Gasteiger partial charge on any atom is 0.161 e. The summed E-state index contributed by atoms with van der Waals surface area (Å²) in [5.74, 6) is -0.123. The van der Waals surface area contributed by atoms with Gasteiger partial charge in [0.2, 0.25) is 0 Å². The molecule has 0 spiro atoms. The number of phenols is 1. The number of aryl methyl sites for hydroxylation is 3. The fraction of sp³-hybridized carbons (Fsp3) is 0.200. The molecule has 0 radical (unpaired) electrons. The first kappa shape index (κ1) is 14.8. The Morgan fingerprint density at radius 3 is 2.10 bits per heavy atom. The van der Waals surface area contributed by atoms with E-state index in [1.807, 2.05) is 32.9 Å². The van der Waals surface area contributed by atoms with Crippen LogP contribution in [0.3, 0.4) is 0 Å². The fourth-order valence-electron chi connectivity index (χ4n) is 2.06. The van der Waals surface area contributed by atoms with Crippen molar-refractivity contribution in [3.63, 3.8) is 0 Å². The number of aromatic hydroxyl groups is 1. The molecule has 0 bridgehead atoms. The summed E-state index contributed by atoms with van der Waals surface area (Å²) in [7, 11) is 0. The van der Waals surface area contributed by atoms with Gasteiger partial charge in [0.1, 0.15) is 5.69 Å².